The molecule has 0 spiro atoms. The molecule has 1 unspecified atom stereocenters. The molecule has 1 aromatic carbocycles. The highest BCUT2D eigenvalue weighted by Gasteiger charge is 2.16. The number of nitrogens with two attached hydrogens (primary N) is 2. The van der Waals surface area contributed by atoms with Crippen molar-refractivity contribution in [2.45, 2.75) is 6.04 Å². The quantitative estimate of drug-likeness (QED) is 0.772. The molecule has 3 rings (SSSR count). The summed E-state index contributed by atoms with van der Waals surface area (Å²) in [6.07, 6.45) is 2.89. The van der Waals surface area contributed by atoms with Crippen LogP contribution in [0.2, 0.25) is 5.02 Å². The molecular weight excluding hydrogens is 295 g/mol. The van der Waals surface area contributed by atoms with E-state index in [2.05, 4.69) is 9.97 Å². The minimum Gasteiger partial charge on any atom is -0.368 e. The summed E-state index contributed by atoms with van der Waals surface area (Å²) in [4.78, 5) is 19.8. The molecule has 21 heavy (non-hydrogen) atoms. The van der Waals surface area contributed by atoms with E-state index in [-0.39, 0.29) is 16.8 Å². The molecule has 1 atom stereocenters. The third-order valence-corrected chi connectivity index (χ3v) is 3.43. The lowest BCUT2D eigenvalue weighted by Gasteiger charge is -2.10. The van der Waals surface area contributed by atoms with E-state index in [1.165, 1.54) is 24.3 Å². The molecule has 106 valence electrons. The maximum Gasteiger partial charge on any atom is 0.221 e. The predicted octanol–water partition coefficient (Wildman–Crippen LogP) is -0.0107. The van der Waals surface area contributed by atoms with Crippen LogP contribution >= 0.6 is 11.6 Å². The van der Waals surface area contributed by atoms with Crippen LogP contribution in [0.4, 0.5) is 10.3 Å². The summed E-state index contributed by atoms with van der Waals surface area (Å²) in [6.45, 7) is 0. The SMILES string of the molecule is Nc1nc(-c2ccc(F)c(Cl)c2)c2c(n1)=CC(=O)C(N)C=2. The number of hydrogen-bond acceptors (Lipinski definition) is 5. The topological polar surface area (TPSA) is 94.9 Å². The van der Waals surface area contributed by atoms with E-state index in [1.807, 2.05) is 0 Å². The molecule has 0 bridgehead atoms. The second-order valence-corrected chi connectivity index (χ2v) is 5.00. The van der Waals surface area contributed by atoms with Crippen molar-refractivity contribution in [1.29, 1.82) is 0 Å². The lowest BCUT2D eigenvalue weighted by Crippen LogP contribution is -2.43. The van der Waals surface area contributed by atoms with Crippen LogP contribution in [0.1, 0.15) is 0 Å². The van der Waals surface area contributed by atoms with Crippen molar-refractivity contribution in [2.75, 3.05) is 5.73 Å². The zero-order chi connectivity index (χ0) is 15.1. The minimum absolute atomic E-state index is 0.0112. The maximum atomic E-state index is 13.3. The van der Waals surface area contributed by atoms with E-state index in [1.54, 1.807) is 6.08 Å². The fourth-order valence-electron chi connectivity index (χ4n) is 2.14. The van der Waals surface area contributed by atoms with Crippen LogP contribution in [0.25, 0.3) is 23.4 Å². The Morgan fingerprint density at radius 3 is 2.76 bits per heavy atom. The van der Waals surface area contributed by atoms with Gasteiger partial charge in [0.25, 0.3) is 0 Å². The van der Waals surface area contributed by atoms with E-state index in [9.17, 15) is 9.18 Å². The number of carbonyl (C=O) groups excluding carboxylic acids is 1. The first-order chi connectivity index (χ1) is 9.95. The third kappa shape index (κ3) is 2.39. The Bertz CT molecular complexity index is 881. The number of fused-ring (bicyclic) bond motifs is 1. The zero-order valence-electron chi connectivity index (χ0n) is 10.7. The average Bonchev–Trinajstić information content (AvgIpc) is 2.43. The molecule has 1 heterocycles. The number of anilines is 1. The number of Topliss-reactive ketones (excluding diaryl/α,β-unsaturated/α-hetero) is 1. The first-order valence-corrected chi connectivity index (χ1v) is 6.45. The maximum absolute atomic E-state index is 13.3. The smallest absolute Gasteiger partial charge is 0.221 e. The van der Waals surface area contributed by atoms with Crippen molar-refractivity contribution >= 4 is 35.5 Å². The Morgan fingerprint density at radius 1 is 1.29 bits per heavy atom. The lowest BCUT2D eigenvalue weighted by atomic mass is 10.0. The summed E-state index contributed by atoms with van der Waals surface area (Å²) in [5, 5.41) is 0.946. The Balaban J connectivity index is 2.35. The third-order valence-electron chi connectivity index (χ3n) is 3.14. The highest BCUT2D eigenvalue weighted by Crippen LogP contribution is 2.21. The highest BCUT2D eigenvalue weighted by atomic mass is 35.5. The van der Waals surface area contributed by atoms with E-state index in [0.717, 1.165) is 0 Å². The number of ketones is 1. The second-order valence-electron chi connectivity index (χ2n) is 4.60. The predicted molar refractivity (Wildman–Crippen MR) is 78.0 cm³/mol. The van der Waals surface area contributed by atoms with Gasteiger partial charge in [0.2, 0.25) is 5.95 Å². The van der Waals surface area contributed by atoms with Crippen LogP contribution in [0.5, 0.6) is 0 Å². The Hall–Kier alpha value is -2.31. The number of halogens is 2. The van der Waals surface area contributed by atoms with Gasteiger partial charge in [-0.25, -0.2) is 14.4 Å². The average molecular weight is 305 g/mol. The summed E-state index contributed by atoms with van der Waals surface area (Å²) in [5.41, 5.74) is 12.4. The van der Waals surface area contributed by atoms with Gasteiger partial charge in [0.1, 0.15) is 5.82 Å². The summed E-state index contributed by atoms with van der Waals surface area (Å²) in [6, 6.07) is 3.44. The number of aromatic nitrogens is 2. The van der Waals surface area contributed by atoms with Gasteiger partial charge in [0.05, 0.1) is 22.1 Å². The number of benzene rings is 1. The fraction of sp³-hybridized carbons (Fsp3) is 0.0714. The molecule has 0 fully saturated rings. The van der Waals surface area contributed by atoms with Crippen LogP contribution in [0.15, 0.2) is 18.2 Å². The fourth-order valence-corrected chi connectivity index (χ4v) is 2.32. The van der Waals surface area contributed by atoms with Gasteiger partial charge in [-0.2, -0.15) is 0 Å². The van der Waals surface area contributed by atoms with E-state index >= 15 is 0 Å². The highest BCUT2D eigenvalue weighted by molar-refractivity contribution is 6.31. The first kappa shape index (κ1) is 13.7. The van der Waals surface area contributed by atoms with Crippen LogP contribution in [0, 0.1) is 5.82 Å². The molecule has 1 aliphatic rings. The summed E-state index contributed by atoms with van der Waals surface area (Å²) in [5.74, 6) is -0.778. The molecule has 0 aliphatic heterocycles. The first-order valence-electron chi connectivity index (χ1n) is 6.07. The zero-order valence-corrected chi connectivity index (χ0v) is 11.4. The molecule has 7 heteroatoms. The Morgan fingerprint density at radius 2 is 2.05 bits per heavy atom. The normalized spacial score (nSPS) is 16.9. The van der Waals surface area contributed by atoms with Crippen molar-refractivity contribution in [3.63, 3.8) is 0 Å². The largest absolute Gasteiger partial charge is 0.368 e. The van der Waals surface area contributed by atoms with Gasteiger partial charge in [0.15, 0.2) is 5.78 Å². The van der Waals surface area contributed by atoms with Crippen LogP contribution in [-0.4, -0.2) is 21.8 Å². The van der Waals surface area contributed by atoms with Crippen molar-refractivity contribution in [1.82, 2.24) is 9.97 Å². The summed E-state index contributed by atoms with van der Waals surface area (Å²) >= 11 is 5.79. The summed E-state index contributed by atoms with van der Waals surface area (Å²) < 4.78 is 13.3. The minimum atomic E-state index is -0.764. The van der Waals surface area contributed by atoms with Gasteiger partial charge in [-0.05, 0) is 24.3 Å². The molecule has 1 aliphatic carbocycles. The number of nitrogens with zero attached hydrogens (tertiary/aromatic N) is 2. The van der Waals surface area contributed by atoms with Crippen LogP contribution < -0.4 is 22.0 Å². The van der Waals surface area contributed by atoms with Gasteiger partial charge in [-0.15, -0.1) is 0 Å². The molecule has 2 aromatic rings. The molecule has 0 saturated carbocycles. The lowest BCUT2D eigenvalue weighted by molar-refractivity contribution is -0.113. The van der Waals surface area contributed by atoms with Crippen molar-refractivity contribution in [2.24, 2.45) is 5.73 Å². The van der Waals surface area contributed by atoms with Gasteiger partial charge >= 0.3 is 0 Å². The number of carbonyl (C=O) groups is 1. The number of hydrogen-bond donors (Lipinski definition) is 2. The van der Waals surface area contributed by atoms with Gasteiger partial charge in [-0.3, -0.25) is 4.79 Å². The summed E-state index contributed by atoms with van der Waals surface area (Å²) in [7, 11) is 0. The van der Waals surface area contributed by atoms with E-state index < -0.39 is 11.9 Å². The van der Waals surface area contributed by atoms with Gasteiger partial charge < -0.3 is 11.5 Å². The molecule has 0 saturated heterocycles. The number of rotatable bonds is 1. The van der Waals surface area contributed by atoms with E-state index in [4.69, 9.17) is 23.1 Å². The molecule has 0 radical (unpaired) electrons. The monoisotopic (exact) mass is 304 g/mol. The Labute approximate surface area is 123 Å². The Kier molecular flexibility index (Phi) is 3.19. The molecule has 1 aromatic heterocycles. The van der Waals surface area contributed by atoms with Crippen LogP contribution in [-0.2, 0) is 4.79 Å². The van der Waals surface area contributed by atoms with Crippen molar-refractivity contribution < 1.29 is 9.18 Å². The molecule has 4 N–H and O–H groups in total. The standard InChI is InChI=1S/C14H10ClFN4O/c15-8-3-6(1-2-9(8)16)13-7-4-10(17)12(21)5-11(7)19-14(18)20-13/h1-5,10H,17H2,(H2,18,19). The molecule has 0 amide bonds. The van der Waals surface area contributed by atoms with E-state index in [0.29, 0.717) is 21.8 Å². The number of nitrogen functional groups attached to an aromatic ring is 1. The van der Waals surface area contributed by atoms with Crippen LogP contribution in [0.3, 0.4) is 0 Å². The van der Waals surface area contributed by atoms with Crippen molar-refractivity contribution in [3.05, 3.63) is 39.6 Å². The molecule has 5 nitrogen and oxygen atoms in total. The second kappa shape index (κ2) is 4.91. The van der Waals surface area contributed by atoms with Gasteiger partial charge in [0, 0.05) is 16.9 Å². The van der Waals surface area contributed by atoms with Crippen molar-refractivity contribution in [3.8, 4) is 11.3 Å². The molecular formula is C14H10ClFN4O. The van der Waals surface area contributed by atoms with Gasteiger partial charge in [-0.1, -0.05) is 11.6 Å².